The normalized spacial score (nSPS) is 14.9. The average Bonchev–Trinajstić information content (AvgIpc) is 3.41. The van der Waals surface area contributed by atoms with Crippen molar-refractivity contribution in [3.05, 3.63) is 53.3 Å². The maximum Gasteiger partial charge on any atom is 0.302 e. The Hall–Kier alpha value is -2.94. The van der Waals surface area contributed by atoms with Gasteiger partial charge in [0.2, 0.25) is 11.7 Å². The molecule has 0 aliphatic heterocycles. The number of amides is 1. The molecular formula is C16H15F2N5O2. The predicted molar refractivity (Wildman–Crippen MR) is 85.0 cm³/mol. The highest BCUT2D eigenvalue weighted by Gasteiger charge is 2.45. The second-order valence-corrected chi connectivity index (χ2v) is 5.67. The van der Waals surface area contributed by atoms with Crippen molar-refractivity contribution in [2.75, 3.05) is 5.32 Å². The Balaban J connectivity index is 1.94. The van der Waals surface area contributed by atoms with Gasteiger partial charge in [0.05, 0.1) is 11.1 Å². The molecule has 2 aromatic rings. The number of benzene rings is 1. The lowest BCUT2D eigenvalue weighted by atomic mass is 10.1. The lowest BCUT2D eigenvalue weighted by Gasteiger charge is -2.18. The minimum absolute atomic E-state index is 0.000996. The number of rotatable bonds is 6. The first-order chi connectivity index (χ1) is 12.0. The summed E-state index contributed by atoms with van der Waals surface area (Å²) in [6.07, 6.45) is -0.669. The van der Waals surface area contributed by atoms with E-state index in [0.717, 1.165) is 24.6 Å². The largest absolute Gasteiger partial charge is 0.345 e. The Labute approximate surface area is 141 Å². The number of halogens is 2. The Morgan fingerprint density at radius 1 is 1.20 bits per heavy atom. The van der Waals surface area contributed by atoms with Gasteiger partial charge in [-0.05, 0) is 18.4 Å². The number of hydrogen-bond acceptors (Lipinski definition) is 6. The molecule has 25 heavy (non-hydrogen) atoms. The molecule has 0 spiro atoms. The minimum atomic E-state index is -3.30. The number of nitrogen functional groups attached to an aromatic ring is 1. The third kappa shape index (κ3) is 3.31. The number of carbonyl (C=O) groups is 2. The summed E-state index contributed by atoms with van der Waals surface area (Å²) in [5, 5.41) is 3.08. The molecule has 1 amide bonds. The summed E-state index contributed by atoms with van der Waals surface area (Å²) in [4.78, 5) is 31.2. The maximum absolute atomic E-state index is 12.8. The minimum Gasteiger partial charge on any atom is -0.345 e. The van der Waals surface area contributed by atoms with E-state index in [2.05, 4.69) is 15.3 Å². The van der Waals surface area contributed by atoms with Crippen LogP contribution >= 0.6 is 0 Å². The molecule has 0 bridgehead atoms. The number of hydrazine groups is 1. The van der Waals surface area contributed by atoms with E-state index in [1.165, 1.54) is 0 Å². The molecule has 1 fully saturated rings. The maximum atomic E-state index is 12.8. The van der Waals surface area contributed by atoms with Crippen molar-refractivity contribution in [1.82, 2.24) is 15.4 Å². The number of nitrogens with two attached hydrogens (primary N) is 1. The first-order valence-electron chi connectivity index (χ1n) is 7.51. The molecular weight excluding hydrogens is 332 g/mol. The van der Waals surface area contributed by atoms with Crippen molar-refractivity contribution >= 4 is 17.6 Å². The van der Waals surface area contributed by atoms with E-state index in [1.807, 2.05) is 30.3 Å². The second-order valence-electron chi connectivity index (χ2n) is 5.67. The molecule has 1 aromatic carbocycles. The molecule has 7 nitrogen and oxygen atoms in total. The summed E-state index contributed by atoms with van der Waals surface area (Å²) < 4.78 is 25.6. The number of hydrogen-bond donors (Lipinski definition) is 3. The standard InChI is InChI=1S/C16H15F2N5O2/c17-13(18)12(24)11-10(14(25)23-19)8-20-15(21-11)22-16(6-7-16)9-4-2-1-3-5-9/h1-5,8,13H,6-7,19H2,(H,23,25)(H,20,21,22). The fraction of sp³-hybridized carbons (Fsp3) is 0.250. The van der Waals surface area contributed by atoms with E-state index < -0.39 is 34.9 Å². The molecule has 1 heterocycles. The molecule has 0 radical (unpaired) electrons. The fourth-order valence-corrected chi connectivity index (χ4v) is 2.56. The van der Waals surface area contributed by atoms with Crippen LogP contribution in [0, 0.1) is 0 Å². The van der Waals surface area contributed by atoms with E-state index in [1.54, 1.807) is 5.43 Å². The fourth-order valence-electron chi connectivity index (χ4n) is 2.56. The number of anilines is 1. The highest BCUT2D eigenvalue weighted by Crippen LogP contribution is 2.47. The van der Waals surface area contributed by atoms with Crippen LogP contribution in [0.25, 0.3) is 0 Å². The summed E-state index contributed by atoms with van der Waals surface area (Å²) >= 11 is 0. The molecule has 1 aliphatic rings. The quantitative estimate of drug-likeness (QED) is 0.317. The molecule has 130 valence electrons. The Bertz CT molecular complexity index is 809. The molecule has 1 aromatic heterocycles. The van der Waals surface area contributed by atoms with Crippen LogP contribution < -0.4 is 16.6 Å². The van der Waals surface area contributed by atoms with Crippen molar-refractivity contribution in [2.24, 2.45) is 5.84 Å². The highest BCUT2D eigenvalue weighted by atomic mass is 19.3. The van der Waals surface area contributed by atoms with Crippen molar-refractivity contribution in [2.45, 2.75) is 24.8 Å². The average molecular weight is 347 g/mol. The lowest BCUT2D eigenvalue weighted by Crippen LogP contribution is -2.33. The summed E-state index contributed by atoms with van der Waals surface area (Å²) in [5.41, 5.74) is 1.32. The number of carbonyl (C=O) groups excluding carboxylic acids is 2. The van der Waals surface area contributed by atoms with Gasteiger partial charge in [0.15, 0.2) is 0 Å². The monoisotopic (exact) mass is 347 g/mol. The number of nitrogens with zero attached hydrogens (tertiary/aromatic N) is 2. The Kier molecular flexibility index (Phi) is 4.41. The second kappa shape index (κ2) is 6.52. The molecule has 0 unspecified atom stereocenters. The van der Waals surface area contributed by atoms with Gasteiger partial charge in [-0.1, -0.05) is 30.3 Å². The van der Waals surface area contributed by atoms with Gasteiger partial charge < -0.3 is 5.32 Å². The SMILES string of the molecule is NNC(=O)c1cnc(NC2(c3ccccc3)CC2)nc1C(=O)C(F)F. The van der Waals surface area contributed by atoms with Crippen molar-refractivity contribution in [3.63, 3.8) is 0 Å². The molecule has 1 aliphatic carbocycles. The van der Waals surface area contributed by atoms with Gasteiger partial charge in [-0.15, -0.1) is 0 Å². The van der Waals surface area contributed by atoms with Gasteiger partial charge in [0.25, 0.3) is 5.91 Å². The highest BCUT2D eigenvalue weighted by molar-refractivity contribution is 6.07. The third-order valence-corrected chi connectivity index (χ3v) is 4.02. The van der Waals surface area contributed by atoms with Crippen molar-refractivity contribution in [1.29, 1.82) is 0 Å². The van der Waals surface area contributed by atoms with E-state index in [4.69, 9.17) is 5.84 Å². The van der Waals surface area contributed by atoms with Crippen LogP contribution in [0.4, 0.5) is 14.7 Å². The molecule has 3 rings (SSSR count). The third-order valence-electron chi connectivity index (χ3n) is 4.02. The number of nitrogens with one attached hydrogen (secondary N) is 2. The number of ketones is 1. The van der Waals surface area contributed by atoms with Crippen LogP contribution in [0.15, 0.2) is 36.5 Å². The van der Waals surface area contributed by atoms with Crippen LogP contribution in [-0.4, -0.2) is 28.1 Å². The van der Waals surface area contributed by atoms with Crippen LogP contribution in [0.1, 0.15) is 39.3 Å². The van der Waals surface area contributed by atoms with Gasteiger partial charge in [0, 0.05) is 6.20 Å². The number of Topliss-reactive ketones (excluding diaryl/α,β-unsaturated/α-hetero) is 1. The van der Waals surface area contributed by atoms with Crippen LogP contribution in [-0.2, 0) is 5.54 Å². The predicted octanol–water partition coefficient (Wildman–Crippen LogP) is 1.63. The van der Waals surface area contributed by atoms with Crippen molar-refractivity contribution < 1.29 is 18.4 Å². The van der Waals surface area contributed by atoms with Gasteiger partial charge >= 0.3 is 6.43 Å². The number of alkyl halides is 2. The Morgan fingerprint density at radius 2 is 1.88 bits per heavy atom. The molecule has 4 N–H and O–H groups in total. The smallest absolute Gasteiger partial charge is 0.302 e. The zero-order valence-corrected chi connectivity index (χ0v) is 13.0. The van der Waals surface area contributed by atoms with Crippen LogP contribution in [0.5, 0.6) is 0 Å². The Morgan fingerprint density at radius 3 is 2.44 bits per heavy atom. The summed E-state index contributed by atoms with van der Waals surface area (Å²) in [6, 6.07) is 9.52. The summed E-state index contributed by atoms with van der Waals surface area (Å²) in [6.45, 7) is 0. The van der Waals surface area contributed by atoms with E-state index in [0.29, 0.717) is 0 Å². The molecule has 9 heteroatoms. The van der Waals surface area contributed by atoms with Crippen LogP contribution in [0.3, 0.4) is 0 Å². The molecule has 0 saturated heterocycles. The number of aromatic nitrogens is 2. The summed E-state index contributed by atoms with van der Waals surface area (Å²) in [7, 11) is 0. The van der Waals surface area contributed by atoms with E-state index >= 15 is 0 Å². The zero-order valence-electron chi connectivity index (χ0n) is 13.0. The van der Waals surface area contributed by atoms with E-state index in [9.17, 15) is 18.4 Å². The first-order valence-corrected chi connectivity index (χ1v) is 7.51. The van der Waals surface area contributed by atoms with Gasteiger partial charge in [0.1, 0.15) is 5.69 Å². The van der Waals surface area contributed by atoms with Gasteiger partial charge in [-0.2, -0.15) is 0 Å². The van der Waals surface area contributed by atoms with E-state index in [-0.39, 0.29) is 5.95 Å². The van der Waals surface area contributed by atoms with Gasteiger partial charge in [-0.25, -0.2) is 24.6 Å². The van der Waals surface area contributed by atoms with Crippen molar-refractivity contribution in [3.8, 4) is 0 Å². The van der Waals surface area contributed by atoms with Gasteiger partial charge in [-0.3, -0.25) is 15.0 Å². The topological polar surface area (TPSA) is 110 Å². The molecule has 0 atom stereocenters. The zero-order chi connectivity index (χ0) is 18.0. The molecule has 1 saturated carbocycles. The summed E-state index contributed by atoms with van der Waals surface area (Å²) in [5.74, 6) is 2.53. The first kappa shape index (κ1) is 16.9. The lowest BCUT2D eigenvalue weighted by molar-refractivity contribution is 0.0669. The van der Waals surface area contributed by atoms with Crippen LogP contribution in [0.2, 0.25) is 0 Å².